The molecule has 0 spiro atoms. The van der Waals surface area contributed by atoms with E-state index in [2.05, 4.69) is 71.9 Å². The maximum Gasteiger partial charge on any atom is 0.187 e. The molecule has 1 aliphatic heterocycles. The Balaban J connectivity index is 1.35. The summed E-state index contributed by atoms with van der Waals surface area (Å²) in [6.07, 6.45) is 7.48. The lowest BCUT2D eigenvalue weighted by molar-refractivity contribution is -0.180. The molecule has 0 bridgehead atoms. The minimum atomic E-state index is -0.597. The molecule has 0 amide bonds. The molecule has 1 fully saturated rings. The average Bonchev–Trinajstić information content (AvgIpc) is 3.40. The molecule has 2 unspecified atom stereocenters. The second kappa shape index (κ2) is 9.82. The maximum atomic E-state index is 6.53. The summed E-state index contributed by atoms with van der Waals surface area (Å²) in [5.74, 6) is 1.34. The molecule has 158 valence electrons. The van der Waals surface area contributed by atoms with Crippen LogP contribution in [0.15, 0.2) is 67.3 Å². The third kappa shape index (κ3) is 5.75. The van der Waals surface area contributed by atoms with Crippen molar-refractivity contribution >= 4 is 11.8 Å². The lowest BCUT2D eigenvalue weighted by Crippen LogP contribution is -2.37. The number of nitrogens with zero attached hydrogens (tertiary/aromatic N) is 2. The molecule has 0 N–H and O–H groups in total. The van der Waals surface area contributed by atoms with Crippen LogP contribution < -0.4 is 0 Å². The van der Waals surface area contributed by atoms with E-state index in [0.29, 0.717) is 13.2 Å². The van der Waals surface area contributed by atoms with Crippen LogP contribution in [-0.4, -0.2) is 33.8 Å². The summed E-state index contributed by atoms with van der Waals surface area (Å²) < 4.78 is 14.9. The monoisotopic (exact) mass is 422 g/mol. The van der Waals surface area contributed by atoms with Crippen LogP contribution >= 0.6 is 11.8 Å². The van der Waals surface area contributed by atoms with E-state index in [1.807, 2.05) is 24.3 Å². The average molecular weight is 423 g/mol. The van der Waals surface area contributed by atoms with Gasteiger partial charge in [-0.2, -0.15) is 11.8 Å². The molecule has 1 aliphatic rings. The van der Waals surface area contributed by atoms with Gasteiger partial charge in [-0.3, -0.25) is 0 Å². The molecule has 4 nitrogen and oxygen atoms in total. The first kappa shape index (κ1) is 21.2. The number of benzene rings is 2. The van der Waals surface area contributed by atoms with E-state index in [4.69, 9.17) is 9.47 Å². The minimum absolute atomic E-state index is 0.113. The minimum Gasteiger partial charge on any atom is -0.345 e. The summed E-state index contributed by atoms with van der Waals surface area (Å²) in [7, 11) is 0. The molecule has 3 aromatic rings. The third-order valence-electron chi connectivity index (χ3n) is 5.50. The summed E-state index contributed by atoms with van der Waals surface area (Å²) in [4.78, 5) is 4.18. The SMILES string of the molecule is Cc1ccc(CCC2(Cn3ccnc3)OCC(CSCc3ccc(C)cc3)O2)cc1. The predicted octanol–water partition coefficient (Wildman–Crippen LogP) is 5.18. The van der Waals surface area contributed by atoms with E-state index in [-0.39, 0.29) is 6.10 Å². The molecule has 0 aliphatic carbocycles. The molecule has 1 saturated heterocycles. The normalized spacial score (nSPS) is 21.2. The highest BCUT2D eigenvalue weighted by Crippen LogP contribution is 2.32. The van der Waals surface area contributed by atoms with Gasteiger partial charge in [0, 0.05) is 30.3 Å². The number of imidazole rings is 1. The Bertz CT molecular complexity index is 909. The quantitative estimate of drug-likeness (QED) is 0.476. The van der Waals surface area contributed by atoms with E-state index >= 15 is 0 Å². The fraction of sp³-hybridized carbons (Fsp3) is 0.400. The van der Waals surface area contributed by atoms with Gasteiger partial charge in [-0.15, -0.1) is 0 Å². The fourth-order valence-corrected chi connectivity index (χ4v) is 4.71. The predicted molar refractivity (Wildman–Crippen MR) is 123 cm³/mol. The molecule has 30 heavy (non-hydrogen) atoms. The number of aryl methyl sites for hydroxylation is 3. The highest BCUT2D eigenvalue weighted by molar-refractivity contribution is 7.98. The first-order valence-corrected chi connectivity index (χ1v) is 11.7. The highest BCUT2D eigenvalue weighted by Gasteiger charge is 2.41. The molecular weight excluding hydrogens is 392 g/mol. The lowest BCUT2D eigenvalue weighted by atomic mass is 10.0. The second-order valence-corrected chi connectivity index (χ2v) is 9.21. The number of hydrogen-bond donors (Lipinski definition) is 0. The molecule has 2 aromatic carbocycles. The molecular formula is C25H30N2O2S. The van der Waals surface area contributed by atoms with Gasteiger partial charge in [-0.25, -0.2) is 4.98 Å². The molecule has 0 saturated carbocycles. The number of thioether (sulfide) groups is 1. The largest absolute Gasteiger partial charge is 0.345 e. The van der Waals surface area contributed by atoms with Crippen molar-refractivity contribution in [3.63, 3.8) is 0 Å². The van der Waals surface area contributed by atoms with Gasteiger partial charge in [-0.05, 0) is 31.4 Å². The maximum absolute atomic E-state index is 6.53. The van der Waals surface area contributed by atoms with E-state index in [0.717, 1.165) is 24.3 Å². The Morgan fingerprint density at radius 3 is 2.40 bits per heavy atom. The smallest absolute Gasteiger partial charge is 0.187 e. The zero-order valence-corrected chi connectivity index (χ0v) is 18.6. The Morgan fingerprint density at radius 2 is 1.73 bits per heavy atom. The van der Waals surface area contributed by atoms with Crippen LogP contribution in [0.4, 0.5) is 0 Å². The molecule has 0 radical (unpaired) electrons. The second-order valence-electron chi connectivity index (χ2n) is 8.18. The van der Waals surface area contributed by atoms with Crippen molar-refractivity contribution in [2.45, 2.75) is 50.9 Å². The van der Waals surface area contributed by atoms with Crippen LogP contribution in [0.5, 0.6) is 0 Å². The Kier molecular flexibility index (Phi) is 6.93. The molecule has 5 heteroatoms. The van der Waals surface area contributed by atoms with Gasteiger partial charge in [0.25, 0.3) is 0 Å². The van der Waals surface area contributed by atoms with E-state index in [1.54, 1.807) is 6.20 Å². The van der Waals surface area contributed by atoms with Crippen LogP contribution in [0.1, 0.15) is 28.7 Å². The molecule has 4 rings (SSSR count). The van der Waals surface area contributed by atoms with Gasteiger partial charge in [0.1, 0.15) is 0 Å². The van der Waals surface area contributed by atoms with Gasteiger partial charge in [0.15, 0.2) is 5.79 Å². The van der Waals surface area contributed by atoms with E-state index < -0.39 is 5.79 Å². The zero-order chi connectivity index (χ0) is 20.8. The van der Waals surface area contributed by atoms with Crippen molar-refractivity contribution in [3.05, 3.63) is 89.5 Å². The van der Waals surface area contributed by atoms with Gasteiger partial charge in [-0.1, -0.05) is 59.7 Å². The standard InChI is InChI=1S/C25H30N2O2S/c1-20-3-7-22(8-4-20)11-12-25(18-27-14-13-26-19-27)28-15-24(29-25)17-30-16-23-9-5-21(2)6-10-23/h3-10,13-14,19,24H,11-12,15-18H2,1-2H3. The van der Waals surface area contributed by atoms with Crippen molar-refractivity contribution in [1.29, 1.82) is 0 Å². The van der Waals surface area contributed by atoms with Crippen molar-refractivity contribution in [3.8, 4) is 0 Å². The zero-order valence-electron chi connectivity index (χ0n) is 17.8. The first-order valence-electron chi connectivity index (χ1n) is 10.6. The van der Waals surface area contributed by atoms with Gasteiger partial charge in [0.2, 0.25) is 0 Å². The number of aromatic nitrogens is 2. The van der Waals surface area contributed by atoms with Crippen LogP contribution in [0.2, 0.25) is 0 Å². The van der Waals surface area contributed by atoms with Gasteiger partial charge >= 0.3 is 0 Å². The van der Waals surface area contributed by atoms with Crippen LogP contribution in [0, 0.1) is 13.8 Å². The van der Waals surface area contributed by atoms with E-state index in [9.17, 15) is 0 Å². The van der Waals surface area contributed by atoms with Crippen LogP contribution in [-0.2, 0) is 28.2 Å². The van der Waals surface area contributed by atoms with Gasteiger partial charge < -0.3 is 14.0 Å². The van der Waals surface area contributed by atoms with Crippen molar-refractivity contribution in [2.24, 2.45) is 0 Å². The number of rotatable bonds is 9. The van der Waals surface area contributed by atoms with Gasteiger partial charge in [0.05, 0.1) is 25.6 Å². The number of ether oxygens (including phenoxy) is 2. The number of hydrogen-bond acceptors (Lipinski definition) is 4. The molecule has 1 aromatic heterocycles. The third-order valence-corrected chi connectivity index (χ3v) is 6.65. The van der Waals surface area contributed by atoms with Crippen molar-refractivity contribution in [1.82, 2.24) is 9.55 Å². The van der Waals surface area contributed by atoms with E-state index in [1.165, 1.54) is 22.3 Å². The lowest BCUT2D eigenvalue weighted by Gasteiger charge is -2.28. The molecule has 2 atom stereocenters. The Hall–Kier alpha value is -2.08. The van der Waals surface area contributed by atoms with Crippen LogP contribution in [0.3, 0.4) is 0 Å². The topological polar surface area (TPSA) is 36.3 Å². The summed E-state index contributed by atoms with van der Waals surface area (Å²) in [6, 6.07) is 17.5. The molecule has 2 heterocycles. The Labute approximate surface area is 183 Å². The first-order chi connectivity index (χ1) is 14.6. The summed E-state index contributed by atoms with van der Waals surface area (Å²) in [5, 5.41) is 0. The van der Waals surface area contributed by atoms with Crippen molar-refractivity contribution < 1.29 is 9.47 Å². The fourth-order valence-electron chi connectivity index (χ4n) is 3.73. The van der Waals surface area contributed by atoms with Crippen molar-refractivity contribution in [2.75, 3.05) is 12.4 Å². The summed E-state index contributed by atoms with van der Waals surface area (Å²) >= 11 is 1.91. The summed E-state index contributed by atoms with van der Waals surface area (Å²) in [6.45, 7) is 5.55. The highest BCUT2D eigenvalue weighted by atomic mass is 32.2. The Morgan fingerprint density at radius 1 is 1.03 bits per heavy atom. The summed E-state index contributed by atoms with van der Waals surface area (Å²) in [5.41, 5.74) is 5.25. The van der Waals surface area contributed by atoms with Crippen LogP contribution in [0.25, 0.3) is 0 Å².